The van der Waals surface area contributed by atoms with Gasteiger partial charge < -0.3 is 9.47 Å². The largest absolute Gasteiger partial charge is 0.475 e. The summed E-state index contributed by atoms with van der Waals surface area (Å²) in [4.78, 5) is 4.57. The SMILES string of the molecule is COC(C)(C)[C@@H]1COC(c2ccccc2)=N1. The molecule has 1 aliphatic heterocycles. The van der Waals surface area contributed by atoms with E-state index in [0.29, 0.717) is 6.61 Å². The highest BCUT2D eigenvalue weighted by Gasteiger charge is 2.34. The molecule has 86 valence electrons. The van der Waals surface area contributed by atoms with E-state index >= 15 is 0 Å². The summed E-state index contributed by atoms with van der Waals surface area (Å²) in [6.45, 7) is 4.64. The van der Waals surface area contributed by atoms with E-state index in [1.807, 2.05) is 44.2 Å². The normalized spacial score (nSPS) is 20.4. The predicted octanol–water partition coefficient (Wildman–Crippen LogP) is 2.26. The van der Waals surface area contributed by atoms with Crippen molar-refractivity contribution < 1.29 is 9.47 Å². The van der Waals surface area contributed by atoms with Gasteiger partial charge in [0.2, 0.25) is 5.90 Å². The van der Waals surface area contributed by atoms with Gasteiger partial charge in [-0.25, -0.2) is 4.99 Å². The smallest absolute Gasteiger partial charge is 0.216 e. The molecule has 0 aromatic heterocycles. The Morgan fingerprint density at radius 2 is 2.00 bits per heavy atom. The molecule has 0 saturated carbocycles. The number of benzene rings is 1. The molecule has 2 rings (SSSR count). The van der Waals surface area contributed by atoms with Crippen LogP contribution in [0, 0.1) is 0 Å². The van der Waals surface area contributed by atoms with Crippen molar-refractivity contribution in [1.82, 2.24) is 0 Å². The standard InChI is InChI=1S/C13H17NO2/c1-13(2,15-3)11-9-16-12(14-11)10-7-5-4-6-8-10/h4-8,11H,9H2,1-3H3/t11-/m0/s1. The van der Waals surface area contributed by atoms with E-state index in [1.54, 1.807) is 7.11 Å². The zero-order valence-electron chi connectivity index (χ0n) is 9.93. The fraction of sp³-hybridized carbons (Fsp3) is 0.462. The minimum Gasteiger partial charge on any atom is -0.475 e. The molecule has 0 radical (unpaired) electrons. The molecule has 0 N–H and O–H groups in total. The van der Waals surface area contributed by atoms with Crippen molar-refractivity contribution >= 4 is 5.90 Å². The first kappa shape index (κ1) is 11.1. The van der Waals surface area contributed by atoms with Crippen LogP contribution in [0.5, 0.6) is 0 Å². The molecular weight excluding hydrogens is 202 g/mol. The number of hydrogen-bond acceptors (Lipinski definition) is 3. The molecule has 1 aliphatic rings. The molecule has 1 atom stereocenters. The number of methoxy groups -OCH3 is 1. The van der Waals surface area contributed by atoms with Gasteiger partial charge in [0, 0.05) is 12.7 Å². The van der Waals surface area contributed by atoms with Gasteiger partial charge in [-0.3, -0.25) is 0 Å². The highest BCUT2D eigenvalue weighted by molar-refractivity contribution is 5.95. The lowest BCUT2D eigenvalue weighted by Gasteiger charge is -2.26. The third-order valence-corrected chi connectivity index (χ3v) is 3.00. The maximum Gasteiger partial charge on any atom is 0.216 e. The Bertz CT molecular complexity index is 384. The van der Waals surface area contributed by atoms with Crippen LogP contribution in [0.2, 0.25) is 0 Å². The van der Waals surface area contributed by atoms with Crippen molar-refractivity contribution in [2.75, 3.05) is 13.7 Å². The molecule has 0 fully saturated rings. The van der Waals surface area contributed by atoms with Gasteiger partial charge in [0.05, 0.1) is 5.60 Å². The molecular formula is C13H17NO2. The molecule has 0 aliphatic carbocycles. The highest BCUT2D eigenvalue weighted by atomic mass is 16.5. The minimum atomic E-state index is -0.281. The Hall–Kier alpha value is -1.35. The third kappa shape index (κ3) is 2.09. The van der Waals surface area contributed by atoms with Crippen LogP contribution in [0.3, 0.4) is 0 Å². The van der Waals surface area contributed by atoms with Gasteiger partial charge in [-0.2, -0.15) is 0 Å². The zero-order valence-corrected chi connectivity index (χ0v) is 9.93. The second kappa shape index (κ2) is 4.26. The lowest BCUT2D eigenvalue weighted by atomic mass is 10.0. The van der Waals surface area contributed by atoms with Gasteiger partial charge >= 0.3 is 0 Å². The summed E-state index contributed by atoms with van der Waals surface area (Å²) in [5.74, 6) is 0.718. The van der Waals surface area contributed by atoms with Gasteiger partial charge in [0.1, 0.15) is 12.6 Å². The van der Waals surface area contributed by atoms with E-state index < -0.39 is 0 Å². The van der Waals surface area contributed by atoms with Crippen LogP contribution in [0.1, 0.15) is 19.4 Å². The van der Waals surface area contributed by atoms with Crippen molar-refractivity contribution in [3.63, 3.8) is 0 Å². The Morgan fingerprint density at radius 3 is 2.62 bits per heavy atom. The van der Waals surface area contributed by atoms with Crippen LogP contribution in [-0.2, 0) is 9.47 Å². The monoisotopic (exact) mass is 219 g/mol. The van der Waals surface area contributed by atoms with Gasteiger partial charge in [0.15, 0.2) is 0 Å². The summed E-state index contributed by atoms with van der Waals surface area (Å²) in [7, 11) is 1.70. The Balaban J connectivity index is 2.19. The number of aliphatic imine (C=N–C) groups is 1. The molecule has 0 amide bonds. The molecule has 1 heterocycles. The molecule has 0 spiro atoms. The topological polar surface area (TPSA) is 30.8 Å². The van der Waals surface area contributed by atoms with Gasteiger partial charge in [0.25, 0.3) is 0 Å². The number of hydrogen-bond donors (Lipinski definition) is 0. The Morgan fingerprint density at radius 1 is 1.31 bits per heavy atom. The minimum absolute atomic E-state index is 0.0627. The lowest BCUT2D eigenvalue weighted by Crippen LogP contribution is -2.37. The second-order valence-electron chi connectivity index (χ2n) is 4.43. The first-order valence-electron chi connectivity index (χ1n) is 5.44. The fourth-order valence-corrected chi connectivity index (χ4v) is 1.60. The number of ether oxygens (including phenoxy) is 2. The summed E-state index contributed by atoms with van der Waals surface area (Å²) >= 11 is 0. The third-order valence-electron chi connectivity index (χ3n) is 3.00. The fourth-order valence-electron chi connectivity index (χ4n) is 1.60. The van der Waals surface area contributed by atoms with Crippen LogP contribution in [0.25, 0.3) is 0 Å². The zero-order chi connectivity index (χ0) is 11.6. The average molecular weight is 219 g/mol. The summed E-state index contributed by atoms with van der Waals surface area (Å²) < 4.78 is 11.0. The van der Waals surface area contributed by atoms with Crippen LogP contribution < -0.4 is 0 Å². The van der Waals surface area contributed by atoms with Crippen molar-refractivity contribution in [1.29, 1.82) is 0 Å². The first-order chi connectivity index (χ1) is 7.63. The second-order valence-corrected chi connectivity index (χ2v) is 4.43. The van der Waals surface area contributed by atoms with Crippen LogP contribution >= 0.6 is 0 Å². The predicted molar refractivity (Wildman–Crippen MR) is 63.8 cm³/mol. The molecule has 16 heavy (non-hydrogen) atoms. The summed E-state index contributed by atoms with van der Waals surface area (Å²) in [6, 6.07) is 10.0. The van der Waals surface area contributed by atoms with Crippen LogP contribution in [-0.4, -0.2) is 31.3 Å². The van der Waals surface area contributed by atoms with E-state index in [-0.39, 0.29) is 11.6 Å². The first-order valence-corrected chi connectivity index (χ1v) is 5.44. The van der Waals surface area contributed by atoms with E-state index in [2.05, 4.69) is 4.99 Å². The maximum absolute atomic E-state index is 5.61. The lowest BCUT2D eigenvalue weighted by molar-refractivity contribution is -0.00431. The molecule has 1 aromatic carbocycles. The number of rotatable bonds is 3. The van der Waals surface area contributed by atoms with E-state index in [1.165, 1.54) is 0 Å². The van der Waals surface area contributed by atoms with Crippen molar-refractivity contribution in [3.8, 4) is 0 Å². The quantitative estimate of drug-likeness (QED) is 0.780. The summed E-state index contributed by atoms with van der Waals surface area (Å²) in [5, 5.41) is 0. The van der Waals surface area contributed by atoms with Crippen molar-refractivity contribution in [3.05, 3.63) is 35.9 Å². The van der Waals surface area contributed by atoms with Crippen molar-refractivity contribution in [2.24, 2.45) is 4.99 Å². The Labute approximate surface area is 96.1 Å². The molecule has 1 aromatic rings. The summed E-state index contributed by atoms with van der Waals surface area (Å²) in [6.07, 6.45) is 0. The van der Waals surface area contributed by atoms with Crippen LogP contribution in [0.4, 0.5) is 0 Å². The van der Waals surface area contributed by atoms with Crippen LogP contribution in [0.15, 0.2) is 35.3 Å². The number of nitrogens with zero attached hydrogens (tertiary/aromatic N) is 1. The average Bonchev–Trinajstić information content (AvgIpc) is 2.80. The molecule has 0 unspecified atom stereocenters. The molecule has 0 bridgehead atoms. The van der Waals surface area contributed by atoms with E-state index in [4.69, 9.17) is 9.47 Å². The Kier molecular flexibility index (Phi) is 2.97. The maximum atomic E-state index is 5.61. The van der Waals surface area contributed by atoms with Gasteiger partial charge in [-0.15, -0.1) is 0 Å². The van der Waals surface area contributed by atoms with Gasteiger partial charge in [-0.1, -0.05) is 18.2 Å². The van der Waals surface area contributed by atoms with Crippen molar-refractivity contribution in [2.45, 2.75) is 25.5 Å². The van der Waals surface area contributed by atoms with E-state index in [0.717, 1.165) is 11.5 Å². The molecule has 3 heteroatoms. The molecule has 3 nitrogen and oxygen atoms in total. The highest BCUT2D eigenvalue weighted by Crippen LogP contribution is 2.23. The van der Waals surface area contributed by atoms with Gasteiger partial charge in [-0.05, 0) is 26.0 Å². The molecule has 0 saturated heterocycles. The summed E-state index contributed by atoms with van der Waals surface area (Å²) in [5.41, 5.74) is 0.744. The van der Waals surface area contributed by atoms with E-state index in [9.17, 15) is 0 Å².